The van der Waals surface area contributed by atoms with Crippen molar-refractivity contribution in [2.45, 2.75) is 63.5 Å². The van der Waals surface area contributed by atoms with Gasteiger partial charge in [-0.05, 0) is 49.7 Å². The second-order valence-corrected chi connectivity index (χ2v) is 7.61. The lowest BCUT2D eigenvalue weighted by molar-refractivity contribution is -0.0807. The number of nitrogens with two attached hydrogens (primary N) is 1. The highest BCUT2D eigenvalue weighted by Gasteiger charge is 2.50. The maximum absolute atomic E-state index is 10.8. The summed E-state index contributed by atoms with van der Waals surface area (Å²) in [5, 5.41) is 10.8. The van der Waals surface area contributed by atoms with E-state index in [1.807, 2.05) is 11.8 Å². The summed E-state index contributed by atoms with van der Waals surface area (Å²) < 4.78 is 0. The maximum Gasteiger partial charge on any atom is 0.0834 e. The van der Waals surface area contributed by atoms with Gasteiger partial charge in [-0.1, -0.05) is 13.8 Å². The summed E-state index contributed by atoms with van der Waals surface area (Å²) in [4.78, 5) is 0. The lowest BCUT2D eigenvalue weighted by Gasteiger charge is -2.51. The van der Waals surface area contributed by atoms with Crippen molar-refractivity contribution < 1.29 is 5.11 Å². The van der Waals surface area contributed by atoms with E-state index in [4.69, 9.17) is 5.73 Å². The Hall–Kier alpha value is 0.270. The Kier molecular flexibility index (Phi) is 3.32. The molecule has 0 aromatic rings. The fourth-order valence-electron chi connectivity index (χ4n) is 3.02. The van der Waals surface area contributed by atoms with Crippen molar-refractivity contribution in [1.29, 1.82) is 0 Å². The predicted octanol–water partition coefficient (Wildman–Crippen LogP) is 2.54. The first kappa shape index (κ1) is 12.7. The van der Waals surface area contributed by atoms with Crippen LogP contribution in [-0.4, -0.2) is 27.8 Å². The van der Waals surface area contributed by atoms with E-state index in [1.165, 1.54) is 5.75 Å². The Morgan fingerprint density at radius 2 is 1.69 bits per heavy atom. The number of hydrogen-bond acceptors (Lipinski definition) is 3. The number of rotatable bonds is 1. The zero-order chi connectivity index (χ0) is 11.9. The molecular formula is C13H25NOS. The molecule has 3 N–H and O–H groups in total. The quantitative estimate of drug-likeness (QED) is 0.744. The molecule has 0 aromatic heterocycles. The molecular weight excluding hydrogens is 218 g/mol. The minimum absolute atomic E-state index is 0.327. The van der Waals surface area contributed by atoms with Crippen molar-refractivity contribution >= 4 is 11.8 Å². The largest absolute Gasteiger partial charge is 0.388 e. The highest BCUT2D eigenvalue weighted by molar-refractivity contribution is 7.99. The van der Waals surface area contributed by atoms with Crippen LogP contribution in [0.15, 0.2) is 0 Å². The summed E-state index contributed by atoms with van der Waals surface area (Å²) in [6.45, 7) is 4.59. The van der Waals surface area contributed by atoms with Gasteiger partial charge in [0.2, 0.25) is 0 Å². The first-order valence-electron chi connectivity index (χ1n) is 6.46. The van der Waals surface area contributed by atoms with Crippen molar-refractivity contribution in [2.75, 3.05) is 11.5 Å². The number of hydrogen-bond donors (Lipinski definition) is 2. The van der Waals surface area contributed by atoms with E-state index in [1.54, 1.807) is 0 Å². The van der Waals surface area contributed by atoms with Crippen LogP contribution >= 0.6 is 11.8 Å². The fraction of sp³-hybridized carbons (Fsp3) is 1.00. The van der Waals surface area contributed by atoms with Crippen LogP contribution in [-0.2, 0) is 0 Å². The van der Waals surface area contributed by atoms with Gasteiger partial charge in [0.25, 0.3) is 0 Å². The molecule has 0 amide bonds. The molecule has 2 rings (SSSR count). The van der Waals surface area contributed by atoms with E-state index in [9.17, 15) is 5.11 Å². The van der Waals surface area contributed by atoms with Crippen LogP contribution in [0.4, 0.5) is 0 Å². The molecule has 1 saturated heterocycles. The van der Waals surface area contributed by atoms with Crippen LogP contribution in [0.5, 0.6) is 0 Å². The molecule has 16 heavy (non-hydrogen) atoms. The van der Waals surface area contributed by atoms with Gasteiger partial charge in [0, 0.05) is 5.75 Å². The van der Waals surface area contributed by atoms with Crippen molar-refractivity contribution in [3.8, 4) is 0 Å². The van der Waals surface area contributed by atoms with Crippen LogP contribution in [0.2, 0.25) is 0 Å². The third kappa shape index (κ3) is 2.27. The summed E-state index contributed by atoms with van der Waals surface area (Å²) in [6, 6.07) is 0. The first-order chi connectivity index (χ1) is 7.37. The Labute approximate surface area is 103 Å². The molecule has 0 bridgehead atoms. The Balaban J connectivity index is 2.07. The van der Waals surface area contributed by atoms with Gasteiger partial charge in [0.15, 0.2) is 0 Å². The molecule has 1 unspecified atom stereocenters. The van der Waals surface area contributed by atoms with Crippen molar-refractivity contribution in [3.05, 3.63) is 0 Å². The smallest absolute Gasteiger partial charge is 0.0834 e. The van der Waals surface area contributed by atoms with Gasteiger partial charge in [0.05, 0.1) is 11.1 Å². The van der Waals surface area contributed by atoms with E-state index in [-0.39, 0.29) is 5.54 Å². The van der Waals surface area contributed by atoms with Gasteiger partial charge in [-0.3, -0.25) is 0 Å². The van der Waals surface area contributed by atoms with Crippen molar-refractivity contribution in [1.82, 2.24) is 0 Å². The van der Waals surface area contributed by atoms with Gasteiger partial charge in [-0.2, -0.15) is 11.8 Å². The maximum atomic E-state index is 10.8. The third-order valence-electron chi connectivity index (χ3n) is 4.63. The van der Waals surface area contributed by atoms with E-state index in [2.05, 4.69) is 13.8 Å². The zero-order valence-electron chi connectivity index (χ0n) is 10.6. The number of aliphatic hydroxyl groups is 1. The number of thioether (sulfide) groups is 1. The molecule has 1 atom stereocenters. The Morgan fingerprint density at radius 3 is 2.19 bits per heavy atom. The van der Waals surface area contributed by atoms with Crippen LogP contribution in [0.25, 0.3) is 0 Å². The molecule has 2 aliphatic rings. The van der Waals surface area contributed by atoms with Crippen molar-refractivity contribution in [2.24, 2.45) is 11.1 Å². The molecule has 94 valence electrons. The van der Waals surface area contributed by atoms with Gasteiger partial charge < -0.3 is 10.8 Å². The molecule has 0 aromatic carbocycles. The summed E-state index contributed by atoms with van der Waals surface area (Å²) in [6.07, 6.45) is 6.14. The Bertz CT molecular complexity index is 249. The molecule has 1 heterocycles. The van der Waals surface area contributed by atoms with E-state index in [0.29, 0.717) is 5.41 Å². The summed E-state index contributed by atoms with van der Waals surface area (Å²) in [5.74, 6) is 2.14. The van der Waals surface area contributed by atoms with Crippen LogP contribution < -0.4 is 5.73 Å². The zero-order valence-corrected chi connectivity index (χ0v) is 11.4. The summed E-state index contributed by atoms with van der Waals surface area (Å²) in [7, 11) is 0. The minimum Gasteiger partial charge on any atom is -0.388 e. The molecule has 3 heteroatoms. The molecule has 0 spiro atoms. The van der Waals surface area contributed by atoms with Crippen LogP contribution in [0, 0.1) is 5.41 Å². The van der Waals surface area contributed by atoms with Gasteiger partial charge in [-0.15, -0.1) is 0 Å². The van der Waals surface area contributed by atoms with E-state index >= 15 is 0 Å². The third-order valence-corrected chi connectivity index (χ3v) is 5.93. The van der Waals surface area contributed by atoms with E-state index < -0.39 is 5.60 Å². The Morgan fingerprint density at radius 1 is 1.06 bits per heavy atom. The molecule has 2 fully saturated rings. The molecule has 1 saturated carbocycles. The normalized spacial score (nSPS) is 38.2. The molecule has 1 aliphatic heterocycles. The first-order valence-corrected chi connectivity index (χ1v) is 7.62. The second kappa shape index (κ2) is 4.18. The van der Waals surface area contributed by atoms with Crippen LogP contribution in [0.3, 0.4) is 0 Å². The van der Waals surface area contributed by atoms with Crippen LogP contribution in [0.1, 0.15) is 52.4 Å². The lowest BCUT2D eigenvalue weighted by Crippen LogP contribution is -2.64. The molecule has 2 nitrogen and oxygen atoms in total. The summed E-state index contributed by atoms with van der Waals surface area (Å²) in [5.41, 5.74) is 5.95. The SMILES string of the molecule is CC1(C)CCC(O)(C2(N)CCCSC2)CC1. The molecule has 0 radical (unpaired) electrons. The van der Waals surface area contributed by atoms with Gasteiger partial charge >= 0.3 is 0 Å². The lowest BCUT2D eigenvalue weighted by atomic mass is 9.63. The second-order valence-electron chi connectivity index (χ2n) is 6.51. The predicted molar refractivity (Wildman–Crippen MR) is 70.7 cm³/mol. The molecule has 1 aliphatic carbocycles. The average Bonchev–Trinajstić information content (AvgIpc) is 2.24. The van der Waals surface area contributed by atoms with Gasteiger partial charge in [-0.25, -0.2) is 0 Å². The van der Waals surface area contributed by atoms with E-state index in [0.717, 1.165) is 44.3 Å². The minimum atomic E-state index is -0.601. The standard InChI is InChI=1S/C13H25NOS/c1-11(2)5-7-13(15,8-6-11)12(14)4-3-9-16-10-12/h15H,3-10,14H2,1-2H3. The topological polar surface area (TPSA) is 46.2 Å². The average molecular weight is 243 g/mol. The highest BCUT2D eigenvalue weighted by atomic mass is 32.2. The monoisotopic (exact) mass is 243 g/mol. The van der Waals surface area contributed by atoms with Crippen molar-refractivity contribution in [3.63, 3.8) is 0 Å². The fourth-order valence-corrected chi connectivity index (χ4v) is 4.29. The van der Waals surface area contributed by atoms with Gasteiger partial charge in [0.1, 0.15) is 0 Å². The summed E-state index contributed by atoms with van der Waals surface area (Å²) >= 11 is 1.91. The highest BCUT2D eigenvalue weighted by Crippen LogP contribution is 2.47.